The van der Waals surface area contributed by atoms with Gasteiger partial charge in [-0.15, -0.1) is 0 Å². The predicted octanol–water partition coefficient (Wildman–Crippen LogP) is 1.54. The van der Waals surface area contributed by atoms with Crippen LogP contribution in [0.3, 0.4) is 0 Å². The van der Waals surface area contributed by atoms with Crippen LogP contribution in [0.25, 0.3) is 0 Å². The van der Waals surface area contributed by atoms with Crippen molar-refractivity contribution in [1.82, 2.24) is 15.1 Å². The molecule has 0 spiro atoms. The second-order valence-corrected chi connectivity index (χ2v) is 7.26. The molecule has 19 heavy (non-hydrogen) atoms. The smallest absolute Gasteiger partial charge is 0.0124 e. The molecule has 4 rings (SSSR count). The van der Waals surface area contributed by atoms with E-state index in [9.17, 15) is 0 Å². The lowest BCUT2D eigenvalue weighted by Gasteiger charge is -2.35. The van der Waals surface area contributed by atoms with Gasteiger partial charge in [0.1, 0.15) is 0 Å². The largest absolute Gasteiger partial charge is 0.312 e. The first-order chi connectivity index (χ1) is 9.40. The Balaban J connectivity index is 1.14. The molecule has 1 N–H and O–H groups in total. The Hall–Kier alpha value is -0.120. The number of hydrogen-bond acceptors (Lipinski definition) is 3. The fraction of sp³-hybridized carbons (Fsp3) is 1.00. The zero-order chi connectivity index (χ0) is 12.7. The molecule has 1 heterocycles. The van der Waals surface area contributed by atoms with E-state index >= 15 is 0 Å². The van der Waals surface area contributed by atoms with E-state index in [-0.39, 0.29) is 0 Å². The van der Waals surface area contributed by atoms with Crippen LogP contribution in [0.4, 0.5) is 0 Å². The van der Waals surface area contributed by atoms with Gasteiger partial charge in [-0.05, 0) is 50.4 Å². The molecule has 0 atom stereocenters. The second-order valence-electron chi connectivity index (χ2n) is 7.26. The molecule has 3 aliphatic carbocycles. The third-order valence-corrected chi connectivity index (χ3v) is 5.54. The molecule has 108 valence electrons. The molecule has 0 aromatic rings. The molecule has 0 unspecified atom stereocenters. The average molecular weight is 263 g/mol. The van der Waals surface area contributed by atoms with Crippen LogP contribution in [-0.2, 0) is 0 Å². The fourth-order valence-electron chi connectivity index (χ4n) is 3.81. The van der Waals surface area contributed by atoms with Crippen LogP contribution in [0.15, 0.2) is 0 Å². The molecule has 1 aliphatic heterocycles. The Morgan fingerprint density at radius 1 is 0.842 bits per heavy atom. The van der Waals surface area contributed by atoms with Crippen LogP contribution >= 0.6 is 0 Å². The Morgan fingerprint density at radius 3 is 2.00 bits per heavy atom. The predicted molar refractivity (Wildman–Crippen MR) is 78.3 cm³/mol. The third kappa shape index (κ3) is 3.32. The summed E-state index contributed by atoms with van der Waals surface area (Å²) in [7, 11) is 0. The van der Waals surface area contributed by atoms with Gasteiger partial charge in [0, 0.05) is 51.4 Å². The van der Waals surface area contributed by atoms with E-state index in [0.717, 1.165) is 23.9 Å². The highest BCUT2D eigenvalue weighted by atomic mass is 15.3. The average Bonchev–Trinajstić information content (AvgIpc) is 3.32. The van der Waals surface area contributed by atoms with Crippen LogP contribution in [0.2, 0.25) is 0 Å². The van der Waals surface area contributed by atoms with Gasteiger partial charge in [0.25, 0.3) is 0 Å². The first kappa shape index (κ1) is 12.6. The minimum Gasteiger partial charge on any atom is -0.312 e. The SMILES string of the molecule is C(CN1CCN(C2CC2)CC1)NC(C1CC1)C1CC1. The number of piperazine rings is 1. The molecule has 0 aromatic heterocycles. The Morgan fingerprint density at radius 2 is 1.47 bits per heavy atom. The van der Waals surface area contributed by atoms with Gasteiger partial charge < -0.3 is 5.32 Å². The van der Waals surface area contributed by atoms with Gasteiger partial charge >= 0.3 is 0 Å². The summed E-state index contributed by atoms with van der Waals surface area (Å²) in [5.41, 5.74) is 0. The number of rotatable bonds is 7. The van der Waals surface area contributed by atoms with Crippen molar-refractivity contribution in [1.29, 1.82) is 0 Å². The normalized spacial score (nSPS) is 30.2. The third-order valence-electron chi connectivity index (χ3n) is 5.54. The maximum absolute atomic E-state index is 3.88. The summed E-state index contributed by atoms with van der Waals surface area (Å²) in [6, 6.07) is 1.85. The van der Waals surface area contributed by atoms with Crippen LogP contribution in [0, 0.1) is 11.8 Å². The molecule has 3 nitrogen and oxygen atoms in total. The second kappa shape index (κ2) is 5.34. The molecular weight excluding hydrogens is 234 g/mol. The molecular formula is C16H29N3. The van der Waals surface area contributed by atoms with E-state index < -0.39 is 0 Å². The number of nitrogens with zero attached hydrogens (tertiary/aromatic N) is 2. The van der Waals surface area contributed by atoms with Crippen molar-refractivity contribution >= 4 is 0 Å². The van der Waals surface area contributed by atoms with Gasteiger partial charge in [-0.2, -0.15) is 0 Å². The van der Waals surface area contributed by atoms with Gasteiger partial charge in [-0.25, -0.2) is 0 Å². The minimum atomic E-state index is 0.882. The zero-order valence-electron chi connectivity index (χ0n) is 12.2. The molecule has 1 saturated heterocycles. The van der Waals surface area contributed by atoms with E-state index in [1.807, 2.05) is 0 Å². The summed E-state index contributed by atoms with van der Waals surface area (Å²) < 4.78 is 0. The van der Waals surface area contributed by atoms with Gasteiger partial charge in [0.05, 0.1) is 0 Å². The maximum atomic E-state index is 3.88. The number of nitrogens with one attached hydrogen (secondary N) is 1. The molecule has 4 fully saturated rings. The molecule has 0 aromatic carbocycles. The molecule has 0 amide bonds. The lowest BCUT2D eigenvalue weighted by Crippen LogP contribution is -2.49. The summed E-state index contributed by atoms with van der Waals surface area (Å²) in [4.78, 5) is 5.38. The fourth-order valence-corrected chi connectivity index (χ4v) is 3.81. The monoisotopic (exact) mass is 263 g/mol. The highest BCUT2D eigenvalue weighted by Gasteiger charge is 2.41. The quantitative estimate of drug-likeness (QED) is 0.752. The lowest BCUT2D eigenvalue weighted by atomic mass is 10.1. The molecule has 4 aliphatic rings. The van der Waals surface area contributed by atoms with Crippen molar-refractivity contribution in [2.75, 3.05) is 39.3 Å². The topological polar surface area (TPSA) is 18.5 Å². The Kier molecular flexibility index (Phi) is 3.55. The van der Waals surface area contributed by atoms with E-state index in [4.69, 9.17) is 0 Å². The Bertz CT molecular complexity index is 287. The van der Waals surface area contributed by atoms with Gasteiger partial charge in [-0.1, -0.05) is 0 Å². The summed E-state index contributed by atoms with van der Waals surface area (Å²) >= 11 is 0. The summed E-state index contributed by atoms with van der Waals surface area (Å²) in [6.45, 7) is 7.74. The van der Waals surface area contributed by atoms with E-state index in [0.29, 0.717) is 0 Å². The van der Waals surface area contributed by atoms with Gasteiger partial charge in [0.2, 0.25) is 0 Å². The van der Waals surface area contributed by atoms with E-state index in [1.54, 1.807) is 0 Å². The molecule has 0 bridgehead atoms. The van der Waals surface area contributed by atoms with E-state index in [2.05, 4.69) is 15.1 Å². The summed E-state index contributed by atoms with van der Waals surface area (Å²) in [6.07, 6.45) is 8.91. The van der Waals surface area contributed by atoms with Gasteiger partial charge in [0.15, 0.2) is 0 Å². The van der Waals surface area contributed by atoms with Crippen LogP contribution in [-0.4, -0.2) is 61.2 Å². The van der Waals surface area contributed by atoms with Crippen molar-refractivity contribution in [2.24, 2.45) is 11.8 Å². The standard InChI is InChI=1S/C16H29N3/c1-2-13(1)16(14-3-4-14)17-7-8-18-9-11-19(12-10-18)15-5-6-15/h13-17H,1-12H2. The van der Waals surface area contributed by atoms with Crippen LogP contribution in [0.1, 0.15) is 38.5 Å². The van der Waals surface area contributed by atoms with Crippen LogP contribution < -0.4 is 5.32 Å². The van der Waals surface area contributed by atoms with E-state index in [1.165, 1.54) is 77.8 Å². The molecule has 3 heteroatoms. The van der Waals surface area contributed by atoms with Crippen molar-refractivity contribution in [2.45, 2.75) is 50.6 Å². The summed E-state index contributed by atoms with van der Waals surface area (Å²) in [5.74, 6) is 2.08. The molecule has 0 radical (unpaired) electrons. The first-order valence-corrected chi connectivity index (χ1v) is 8.60. The minimum absolute atomic E-state index is 0.882. The highest BCUT2D eigenvalue weighted by Crippen LogP contribution is 2.44. The van der Waals surface area contributed by atoms with Crippen molar-refractivity contribution in [3.05, 3.63) is 0 Å². The van der Waals surface area contributed by atoms with Crippen molar-refractivity contribution in [3.63, 3.8) is 0 Å². The number of hydrogen-bond donors (Lipinski definition) is 1. The zero-order valence-corrected chi connectivity index (χ0v) is 12.2. The molecule has 3 saturated carbocycles. The van der Waals surface area contributed by atoms with Crippen LogP contribution in [0.5, 0.6) is 0 Å². The lowest BCUT2D eigenvalue weighted by molar-refractivity contribution is 0.126. The maximum Gasteiger partial charge on any atom is 0.0124 e. The Labute approximate surface area is 117 Å². The van der Waals surface area contributed by atoms with Gasteiger partial charge in [-0.3, -0.25) is 9.80 Å². The summed E-state index contributed by atoms with van der Waals surface area (Å²) in [5, 5.41) is 3.88. The van der Waals surface area contributed by atoms with Crippen molar-refractivity contribution in [3.8, 4) is 0 Å². The van der Waals surface area contributed by atoms with Crippen molar-refractivity contribution < 1.29 is 0 Å². The highest BCUT2D eigenvalue weighted by molar-refractivity contribution is 4.96. The first-order valence-electron chi connectivity index (χ1n) is 8.60.